The molecule has 0 spiro atoms. The first-order valence-corrected chi connectivity index (χ1v) is 4.79. The summed E-state index contributed by atoms with van der Waals surface area (Å²) in [6.07, 6.45) is -4.30. The summed E-state index contributed by atoms with van der Waals surface area (Å²) in [5.41, 5.74) is -0.676. The molecular formula is C6H4F3NS3. The smallest absolute Gasteiger partial charge is 0.333 e. The SMILES string of the molecule is FC(F)(F)c1csc(NC(=S)S)c1. The molecule has 0 saturated heterocycles. The van der Waals surface area contributed by atoms with Crippen molar-refractivity contribution in [2.75, 3.05) is 5.32 Å². The van der Waals surface area contributed by atoms with E-state index in [-0.39, 0.29) is 4.32 Å². The summed E-state index contributed by atoms with van der Waals surface area (Å²) in [4.78, 5) is 0. The monoisotopic (exact) mass is 243 g/mol. The third-order valence-corrected chi connectivity index (χ3v) is 2.22. The zero-order chi connectivity index (χ0) is 10.1. The van der Waals surface area contributed by atoms with Crippen molar-refractivity contribution in [1.29, 1.82) is 0 Å². The molecule has 1 N–H and O–H groups in total. The van der Waals surface area contributed by atoms with Crippen molar-refractivity contribution in [2.45, 2.75) is 6.18 Å². The number of anilines is 1. The van der Waals surface area contributed by atoms with Gasteiger partial charge in [0.15, 0.2) is 0 Å². The van der Waals surface area contributed by atoms with Gasteiger partial charge in [-0.25, -0.2) is 0 Å². The number of alkyl halides is 3. The van der Waals surface area contributed by atoms with Gasteiger partial charge in [-0.15, -0.1) is 24.0 Å². The molecule has 0 saturated carbocycles. The van der Waals surface area contributed by atoms with E-state index in [4.69, 9.17) is 0 Å². The van der Waals surface area contributed by atoms with Crippen LogP contribution in [0.2, 0.25) is 0 Å². The van der Waals surface area contributed by atoms with Crippen molar-refractivity contribution >= 4 is 45.5 Å². The lowest BCUT2D eigenvalue weighted by atomic mass is 10.3. The maximum Gasteiger partial charge on any atom is 0.417 e. The van der Waals surface area contributed by atoms with Crippen LogP contribution in [0.1, 0.15) is 5.56 Å². The van der Waals surface area contributed by atoms with E-state index in [0.29, 0.717) is 5.00 Å². The molecule has 1 rings (SSSR count). The van der Waals surface area contributed by atoms with E-state index in [1.165, 1.54) is 0 Å². The van der Waals surface area contributed by atoms with Crippen LogP contribution in [0.15, 0.2) is 11.4 Å². The highest BCUT2D eigenvalue weighted by atomic mass is 32.1. The van der Waals surface area contributed by atoms with E-state index < -0.39 is 11.7 Å². The van der Waals surface area contributed by atoms with Crippen LogP contribution in [-0.2, 0) is 6.18 Å². The van der Waals surface area contributed by atoms with Crippen molar-refractivity contribution in [2.24, 2.45) is 0 Å². The Kier molecular flexibility index (Phi) is 3.20. The van der Waals surface area contributed by atoms with Crippen LogP contribution in [-0.4, -0.2) is 4.32 Å². The van der Waals surface area contributed by atoms with Crippen LogP contribution in [0.3, 0.4) is 0 Å². The first-order chi connectivity index (χ1) is 5.89. The summed E-state index contributed by atoms with van der Waals surface area (Å²) >= 11 is 9.23. The van der Waals surface area contributed by atoms with Gasteiger partial charge in [0.25, 0.3) is 0 Å². The maximum atomic E-state index is 12.1. The molecule has 0 fully saturated rings. The molecule has 72 valence electrons. The lowest BCUT2D eigenvalue weighted by Crippen LogP contribution is -2.03. The number of thiocarbonyl (C=S) groups is 1. The Morgan fingerprint density at radius 1 is 1.54 bits per heavy atom. The van der Waals surface area contributed by atoms with E-state index >= 15 is 0 Å². The Hall–Kier alpha value is -0.270. The van der Waals surface area contributed by atoms with Gasteiger partial charge in [0.1, 0.15) is 4.32 Å². The molecule has 0 aromatic carbocycles. The average Bonchev–Trinajstić information content (AvgIpc) is 2.32. The third kappa shape index (κ3) is 3.17. The van der Waals surface area contributed by atoms with Gasteiger partial charge in [0, 0.05) is 5.38 Å². The van der Waals surface area contributed by atoms with Gasteiger partial charge in [-0.3, -0.25) is 0 Å². The van der Waals surface area contributed by atoms with Crippen molar-refractivity contribution < 1.29 is 13.2 Å². The molecule has 0 aliphatic carbocycles. The van der Waals surface area contributed by atoms with Gasteiger partial charge < -0.3 is 5.32 Å². The fourth-order valence-electron chi connectivity index (χ4n) is 0.656. The number of nitrogens with one attached hydrogen (secondary N) is 1. The van der Waals surface area contributed by atoms with Gasteiger partial charge in [0.2, 0.25) is 0 Å². The topological polar surface area (TPSA) is 12.0 Å². The molecule has 1 aromatic heterocycles. The quantitative estimate of drug-likeness (QED) is 0.579. The molecule has 0 bridgehead atoms. The minimum absolute atomic E-state index is 0.149. The minimum Gasteiger partial charge on any atom is -0.333 e. The number of thiol groups is 1. The lowest BCUT2D eigenvalue weighted by molar-refractivity contribution is -0.137. The summed E-state index contributed by atoms with van der Waals surface area (Å²) < 4.78 is 36.3. The first kappa shape index (κ1) is 10.8. The molecule has 0 aliphatic rings. The van der Waals surface area contributed by atoms with Crippen LogP contribution < -0.4 is 5.32 Å². The molecule has 0 aliphatic heterocycles. The minimum atomic E-state index is -4.30. The molecule has 0 radical (unpaired) electrons. The van der Waals surface area contributed by atoms with Gasteiger partial charge in [0.05, 0.1) is 10.6 Å². The second-order valence-corrected chi connectivity index (χ2v) is 4.20. The summed E-state index contributed by atoms with van der Waals surface area (Å²) in [7, 11) is 0. The predicted octanol–water partition coefficient (Wildman–Crippen LogP) is 3.39. The molecule has 0 atom stereocenters. The summed E-state index contributed by atoms with van der Waals surface area (Å²) in [6, 6.07) is 0.993. The standard InChI is InChI=1S/C6H4F3NS3/c7-6(8,9)3-1-4(13-2-3)10-5(11)12/h1-2H,(H2,10,11,12). The Morgan fingerprint density at radius 3 is 2.54 bits per heavy atom. The van der Waals surface area contributed by atoms with E-state index in [9.17, 15) is 13.2 Å². The van der Waals surface area contributed by atoms with Crippen molar-refractivity contribution in [3.8, 4) is 0 Å². The zero-order valence-electron chi connectivity index (χ0n) is 6.05. The Morgan fingerprint density at radius 2 is 2.15 bits per heavy atom. The molecular weight excluding hydrogens is 239 g/mol. The van der Waals surface area contributed by atoms with Crippen molar-refractivity contribution in [3.05, 3.63) is 17.0 Å². The first-order valence-electron chi connectivity index (χ1n) is 3.05. The molecule has 0 unspecified atom stereocenters. The number of hydrogen-bond acceptors (Lipinski definition) is 2. The molecule has 1 heterocycles. The van der Waals surface area contributed by atoms with Gasteiger partial charge in [-0.2, -0.15) is 13.2 Å². The summed E-state index contributed by atoms with van der Waals surface area (Å²) in [5.74, 6) is 0. The normalized spacial score (nSPS) is 11.4. The van der Waals surface area contributed by atoms with Crippen molar-refractivity contribution in [3.63, 3.8) is 0 Å². The Labute approximate surface area is 87.4 Å². The average molecular weight is 243 g/mol. The van der Waals surface area contributed by atoms with E-state index in [1.54, 1.807) is 0 Å². The lowest BCUT2D eigenvalue weighted by Gasteiger charge is -2.01. The number of halogens is 3. The highest BCUT2D eigenvalue weighted by molar-refractivity contribution is 8.11. The van der Waals surface area contributed by atoms with E-state index in [2.05, 4.69) is 30.2 Å². The second-order valence-electron chi connectivity index (χ2n) is 2.13. The van der Waals surface area contributed by atoms with Crippen molar-refractivity contribution in [1.82, 2.24) is 0 Å². The zero-order valence-corrected chi connectivity index (χ0v) is 8.58. The van der Waals surface area contributed by atoms with Crippen LogP contribution in [0.5, 0.6) is 0 Å². The molecule has 0 amide bonds. The number of rotatable bonds is 1. The predicted molar refractivity (Wildman–Crippen MR) is 54.5 cm³/mol. The molecule has 1 nitrogen and oxygen atoms in total. The summed E-state index contributed by atoms with van der Waals surface area (Å²) in [6.45, 7) is 0. The Bertz CT molecular complexity index is 317. The number of hydrogen-bond donors (Lipinski definition) is 2. The highest BCUT2D eigenvalue weighted by Crippen LogP contribution is 2.34. The largest absolute Gasteiger partial charge is 0.417 e. The highest BCUT2D eigenvalue weighted by Gasteiger charge is 2.31. The van der Waals surface area contributed by atoms with E-state index in [0.717, 1.165) is 22.8 Å². The fraction of sp³-hybridized carbons (Fsp3) is 0.167. The second kappa shape index (κ2) is 3.85. The third-order valence-electron chi connectivity index (χ3n) is 1.16. The molecule has 7 heteroatoms. The van der Waals surface area contributed by atoms with E-state index in [1.807, 2.05) is 0 Å². The Balaban J connectivity index is 2.81. The maximum absolute atomic E-state index is 12.1. The molecule has 13 heavy (non-hydrogen) atoms. The van der Waals surface area contributed by atoms with Gasteiger partial charge >= 0.3 is 6.18 Å². The molecule has 1 aromatic rings. The summed E-state index contributed by atoms with van der Waals surface area (Å²) in [5, 5.41) is 3.87. The van der Waals surface area contributed by atoms with Crippen LogP contribution in [0.4, 0.5) is 18.2 Å². The van der Waals surface area contributed by atoms with Gasteiger partial charge in [-0.1, -0.05) is 12.2 Å². The fourth-order valence-corrected chi connectivity index (χ4v) is 1.84. The van der Waals surface area contributed by atoms with Crippen LogP contribution >= 0.6 is 36.2 Å². The van der Waals surface area contributed by atoms with Gasteiger partial charge in [-0.05, 0) is 6.07 Å². The van der Waals surface area contributed by atoms with Crippen LogP contribution in [0, 0.1) is 0 Å². The number of thiophene rings is 1. The van der Waals surface area contributed by atoms with Crippen LogP contribution in [0.25, 0.3) is 0 Å².